The summed E-state index contributed by atoms with van der Waals surface area (Å²) < 4.78 is 2.89. The van der Waals surface area contributed by atoms with Crippen molar-refractivity contribution in [2.45, 2.75) is 52.6 Å². The Balaban J connectivity index is 1.82. The molecular formula is C28H28ClN3O3. The van der Waals surface area contributed by atoms with E-state index in [1.807, 2.05) is 42.5 Å². The van der Waals surface area contributed by atoms with E-state index in [0.29, 0.717) is 41.4 Å². The van der Waals surface area contributed by atoms with Gasteiger partial charge >= 0.3 is 5.69 Å². The van der Waals surface area contributed by atoms with Crippen molar-refractivity contribution in [1.82, 2.24) is 9.13 Å². The minimum atomic E-state index is -0.574. The molecular weight excluding hydrogens is 462 g/mol. The highest BCUT2D eigenvalue weighted by atomic mass is 35.5. The van der Waals surface area contributed by atoms with E-state index in [9.17, 15) is 14.4 Å². The van der Waals surface area contributed by atoms with E-state index in [0.717, 1.165) is 16.8 Å². The molecule has 0 fully saturated rings. The molecule has 35 heavy (non-hydrogen) atoms. The molecule has 0 radical (unpaired) electrons. The Hall–Kier alpha value is -3.38. The number of rotatable bonds is 4. The number of anilines is 1. The van der Waals surface area contributed by atoms with Gasteiger partial charge in [0.25, 0.3) is 5.56 Å². The van der Waals surface area contributed by atoms with Gasteiger partial charge in [-0.05, 0) is 42.0 Å². The van der Waals surface area contributed by atoms with Crippen molar-refractivity contribution in [3.63, 3.8) is 0 Å². The lowest BCUT2D eigenvalue weighted by molar-refractivity contribution is -0.118. The largest absolute Gasteiger partial charge is 0.344 e. The van der Waals surface area contributed by atoms with Gasteiger partial charge < -0.3 is 5.32 Å². The second kappa shape index (κ2) is 8.68. The third kappa shape index (κ3) is 4.06. The van der Waals surface area contributed by atoms with Gasteiger partial charge in [-0.3, -0.25) is 18.7 Å². The first-order chi connectivity index (χ1) is 16.7. The zero-order valence-corrected chi connectivity index (χ0v) is 20.9. The van der Waals surface area contributed by atoms with Crippen LogP contribution in [0.3, 0.4) is 0 Å². The number of hydrogen-bond donors (Lipinski definition) is 1. The molecule has 180 valence electrons. The van der Waals surface area contributed by atoms with Crippen LogP contribution in [0.25, 0.3) is 0 Å². The van der Waals surface area contributed by atoms with E-state index in [1.165, 1.54) is 4.57 Å². The van der Waals surface area contributed by atoms with Crippen molar-refractivity contribution in [3.8, 4) is 0 Å². The quantitative estimate of drug-likeness (QED) is 0.563. The Bertz CT molecular complexity index is 1460. The fourth-order valence-corrected chi connectivity index (χ4v) is 5.49. The minimum Gasteiger partial charge on any atom is -0.344 e. The number of nitrogens with zero attached hydrogens (tertiary/aromatic N) is 2. The number of hydrogen-bond acceptors (Lipinski definition) is 4. The normalized spacial score (nSPS) is 18.6. The summed E-state index contributed by atoms with van der Waals surface area (Å²) in [5.41, 5.74) is 2.62. The van der Waals surface area contributed by atoms with Crippen LogP contribution in [0.1, 0.15) is 56.2 Å². The summed E-state index contributed by atoms with van der Waals surface area (Å²) in [5.74, 6) is -0.0783. The standard InChI is InChI=1S/C28H28ClN3O3/c1-4-31-26(34)24-22(18-10-12-19(29)13-11-18)23-20(14-28(2,3)15-21(23)33)30-25(24)32(27(31)35)16-17-8-6-5-7-9-17/h5-13,22,30H,4,14-16H2,1-3H3/t22-/m0/s1. The van der Waals surface area contributed by atoms with Crippen molar-refractivity contribution in [1.29, 1.82) is 0 Å². The van der Waals surface area contributed by atoms with Gasteiger partial charge in [0.2, 0.25) is 0 Å². The molecule has 2 aliphatic rings. The third-order valence-corrected chi connectivity index (χ3v) is 7.18. The Labute approximate surface area is 208 Å². The number of allylic oxidation sites excluding steroid dienone is 2. The van der Waals surface area contributed by atoms with Crippen LogP contribution >= 0.6 is 11.6 Å². The molecule has 1 aliphatic carbocycles. The summed E-state index contributed by atoms with van der Waals surface area (Å²) in [4.78, 5) is 40.8. The average molecular weight is 490 g/mol. The summed E-state index contributed by atoms with van der Waals surface area (Å²) in [6.45, 7) is 6.46. The van der Waals surface area contributed by atoms with Crippen LogP contribution < -0.4 is 16.6 Å². The first-order valence-corrected chi connectivity index (χ1v) is 12.3. The highest BCUT2D eigenvalue weighted by molar-refractivity contribution is 6.30. The van der Waals surface area contributed by atoms with E-state index in [2.05, 4.69) is 19.2 Å². The molecule has 3 aromatic rings. The zero-order valence-electron chi connectivity index (χ0n) is 20.1. The molecule has 7 heteroatoms. The van der Waals surface area contributed by atoms with Crippen LogP contribution in [-0.2, 0) is 17.9 Å². The number of fused-ring (bicyclic) bond motifs is 1. The molecule has 0 spiro atoms. The van der Waals surface area contributed by atoms with Crippen LogP contribution in [0.4, 0.5) is 5.82 Å². The molecule has 0 saturated heterocycles. The minimum absolute atomic E-state index is 0.0256. The molecule has 5 rings (SSSR count). The second-order valence-electron chi connectivity index (χ2n) is 10.1. The lowest BCUT2D eigenvalue weighted by Crippen LogP contribution is -2.46. The zero-order chi connectivity index (χ0) is 24.9. The first-order valence-electron chi connectivity index (χ1n) is 11.9. The molecule has 2 heterocycles. The van der Waals surface area contributed by atoms with Gasteiger partial charge in [-0.15, -0.1) is 0 Å². The van der Waals surface area contributed by atoms with Gasteiger partial charge in [0.15, 0.2) is 5.78 Å². The van der Waals surface area contributed by atoms with E-state index >= 15 is 0 Å². The SMILES string of the molecule is CCn1c(=O)c2c(n(Cc3ccccc3)c1=O)NC1=C(C(=O)CC(C)(C)C1)[C@@H]2c1ccc(Cl)cc1. The number of nitrogens with one attached hydrogen (secondary N) is 1. The Kier molecular flexibility index (Phi) is 5.80. The second-order valence-corrected chi connectivity index (χ2v) is 10.5. The van der Waals surface area contributed by atoms with Gasteiger partial charge in [0.1, 0.15) is 5.82 Å². The fraction of sp³-hybridized carbons (Fsp3) is 0.321. The van der Waals surface area contributed by atoms with Crippen LogP contribution in [0.2, 0.25) is 5.02 Å². The summed E-state index contributed by atoms with van der Waals surface area (Å²) in [6.07, 6.45) is 1.05. The average Bonchev–Trinajstić information content (AvgIpc) is 2.81. The number of halogens is 1. The number of ketones is 1. The van der Waals surface area contributed by atoms with Crippen LogP contribution in [0.5, 0.6) is 0 Å². The number of Topliss-reactive ketones (excluding diaryl/α,β-unsaturated/α-hetero) is 1. The van der Waals surface area contributed by atoms with Gasteiger partial charge in [-0.2, -0.15) is 0 Å². The smallest absolute Gasteiger partial charge is 0.332 e. The molecule has 0 saturated carbocycles. The molecule has 0 bridgehead atoms. The number of aromatic nitrogens is 2. The summed E-state index contributed by atoms with van der Waals surface area (Å²) in [7, 11) is 0. The Morgan fingerprint density at radius 1 is 0.971 bits per heavy atom. The maximum Gasteiger partial charge on any atom is 0.332 e. The van der Waals surface area contributed by atoms with E-state index in [1.54, 1.807) is 23.6 Å². The Morgan fingerprint density at radius 3 is 2.31 bits per heavy atom. The van der Waals surface area contributed by atoms with Gasteiger partial charge in [0.05, 0.1) is 12.1 Å². The van der Waals surface area contributed by atoms with E-state index < -0.39 is 5.92 Å². The van der Waals surface area contributed by atoms with Gasteiger partial charge in [-0.1, -0.05) is 67.9 Å². The van der Waals surface area contributed by atoms with Gasteiger partial charge in [-0.25, -0.2) is 4.79 Å². The highest BCUT2D eigenvalue weighted by Crippen LogP contribution is 2.47. The molecule has 6 nitrogen and oxygen atoms in total. The predicted octanol–water partition coefficient (Wildman–Crippen LogP) is 4.93. The molecule has 1 aliphatic heterocycles. The van der Waals surface area contributed by atoms with E-state index in [4.69, 9.17) is 11.6 Å². The summed E-state index contributed by atoms with van der Waals surface area (Å²) in [5, 5.41) is 3.98. The predicted molar refractivity (Wildman–Crippen MR) is 138 cm³/mol. The molecule has 1 N–H and O–H groups in total. The topological polar surface area (TPSA) is 73.1 Å². The third-order valence-electron chi connectivity index (χ3n) is 6.93. The van der Waals surface area contributed by atoms with Crippen LogP contribution in [0.15, 0.2) is 75.5 Å². The van der Waals surface area contributed by atoms with Gasteiger partial charge in [0, 0.05) is 35.2 Å². The first kappa shape index (κ1) is 23.4. The maximum absolute atomic E-state index is 13.8. The lowest BCUT2D eigenvalue weighted by atomic mass is 9.69. The van der Waals surface area contributed by atoms with Crippen LogP contribution in [-0.4, -0.2) is 14.9 Å². The number of benzene rings is 2. The highest BCUT2D eigenvalue weighted by Gasteiger charge is 2.43. The fourth-order valence-electron chi connectivity index (χ4n) is 5.36. The monoisotopic (exact) mass is 489 g/mol. The molecule has 2 aromatic carbocycles. The molecule has 0 unspecified atom stereocenters. The Morgan fingerprint density at radius 2 is 1.66 bits per heavy atom. The van der Waals surface area contributed by atoms with Crippen molar-refractivity contribution in [2.75, 3.05) is 5.32 Å². The molecule has 0 amide bonds. The van der Waals surface area contributed by atoms with Crippen molar-refractivity contribution in [3.05, 3.63) is 108 Å². The molecule has 1 atom stereocenters. The molecule has 1 aromatic heterocycles. The van der Waals surface area contributed by atoms with Crippen LogP contribution in [0, 0.1) is 5.41 Å². The van der Waals surface area contributed by atoms with Crippen molar-refractivity contribution < 1.29 is 4.79 Å². The number of carbonyl (C=O) groups is 1. The maximum atomic E-state index is 13.8. The van der Waals surface area contributed by atoms with E-state index in [-0.39, 0.29) is 29.0 Å². The van der Waals surface area contributed by atoms with Crippen molar-refractivity contribution in [2.24, 2.45) is 5.41 Å². The number of carbonyl (C=O) groups excluding carboxylic acids is 1. The summed E-state index contributed by atoms with van der Waals surface area (Å²) >= 11 is 6.17. The summed E-state index contributed by atoms with van der Waals surface area (Å²) in [6, 6.07) is 17.0. The van der Waals surface area contributed by atoms with Crippen molar-refractivity contribution >= 4 is 23.2 Å². The lowest BCUT2D eigenvalue weighted by Gasteiger charge is -2.39.